The Labute approximate surface area is 217 Å². The lowest BCUT2D eigenvalue weighted by atomic mass is 9.86. The van der Waals surface area contributed by atoms with E-state index in [1.165, 1.54) is 6.33 Å². The molecule has 0 spiro atoms. The van der Waals surface area contributed by atoms with Crippen molar-refractivity contribution in [3.63, 3.8) is 0 Å². The van der Waals surface area contributed by atoms with Crippen molar-refractivity contribution < 1.29 is 14.3 Å². The molecule has 9 nitrogen and oxygen atoms in total. The van der Waals surface area contributed by atoms with Gasteiger partial charge in [0, 0.05) is 19.0 Å². The van der Waals surface area contributed by atoms with Gasteiger partial charge in [-0.25, -0.2) is 19.4 Å². The Morgan fingerprint density at radius 1 is 1.11 bits per heavy atom. The van der Waals surface area contributed by atoms with E-state index in [4.69, 9.17) is 20.3 Å². The molecule has 3 heterocycles. The molecule has 0 radical (unpaired) electrons. The van der Waals surface area contributed by atoms with Crippen molar-refractivity contribution in [2.75, 3.05) is 18.8 Å². The quantitative estimate of drug-likeness (QED) is 0.520. The number of piperidine rings is 1. The Bertz CT molecular complexity index is 1330. The molecule has 2 aliphatic rings. The van der Waals surface area contributed by atoms with E-state index in [1.54, 1.807) is 4.90 Å². The van der Waals surface area contributed by atoms with Gasteiger partial charge in [-0.1, -0.05) is 31.2 Å². The zero-order valence-electron chi connectivity index (χ0n) is 21.8. The van der Waals surface area contributed by atoms with E-state index in [2.05, 4.69) is 29.0 Å². The number of rotatable bonds is 4. The van der Waals surface area contributed by atoms with E-state index >= 15 is 0 Å². The fraction of sp³-hybridized carbons (Fsp3) is 0.429. The molecule has 1 aromatic carbocycles. The molecule has 1 aliphatic carbocycles. The van der Waals surface area contributed by atoms with E-state index in [0.717, 1.165) is 41.1 Å². The number of carbonyl (C=O) groups is 1. The van der Waals surface area contributed by atoms with Crippen LogP contribution in [0.3, 0.4) is 0 Å². The van der Waals surface area contributed by atoms with Gasteiger partial charge < -0.3 is 20.1 Å². The average molecular weight is 503 g/mol. The standard InChI is InChI=1S/C28H34N6O3/c1-18-16-21(36-20-8-6-5-7-9-20)10-11-22(18)24-23-25(29)30-17-31-26(23)34(32-24)19-12-14-33(15-13-19)27(35)37-28(2,3)4/h5-11,16-19,22H,12-15H2,1-4H3,(H2,29,30,31). The number of nitrogen functional groups attached to an aromatic ring is 1. The second kappa shape index (κ2) is 9.88. The van der Waals surface area contributed by atoms with Crippen LogP contribution in [0.25, 0.3) is 11.0 Å². The summed E-state index contributed by atoms with van der Waals surface area (Å²) in [5, 5.41) is 5.86. The first kappa shape index (κ1) is 24.8. The SMILES string of the molecule is CC1C=C(Oc2ccccc2)C=CC1c1nn(C2CCN(C(=O)OC(C)(C)C)CC2)c2ncnc(N)c12. The number of ether oxygens (including phenoxy) is 2. The lowest BCUT2D eigenvalue weighted by molar-refractivity contribution is 0.0186. The van der Waals surface area contributed by atoms with Gasteiger partial charge in [-0.15, -0.1) is 0 Å². The van der Waals surface area contributed by atoms with Crippen LogP contribution in [0.5, 0.6) is 5.75 Å². The molecule has 1 saturated heterocycles. The molecule has 2 N–H and O–H groups in total. The zero-order chi connectivity index (χ0) is 26.2. The highest BCUT2D eigenvalue weighted by molar-refractivity contribution is 5.89. The van der Waals surface area contributed by atoms with Crippen molar-refractivity contribution in [1.82, 2.24) is 24.6 Å². The zero-order valence-corrected chi connectivity index (χ0v) is 21.8. The average Bonchev–Trinajstić information content (AvgIpc) is 3.24. The number of benzene rings is 1. The maximum atomic E-state index is 12.5. The molecule has 2 unspecified atom stereocenters. The smallest absolute Gasteiger partial charge is 0.410 e. The number of aromatic nitrogens is 4. The van der Waals surface area contributed by atoms with Crippen molar-refractivity contribution in [2.24, 2.45) is 5.92 Å². The van der Waals surface area contributed by atoms with Crippen LogP contribution in [0.1, 0.15) is 58.2 Å². The molecular weight excluding hydrogens is 468 g/mol. The molecule has 2 atom stereocenters. The van der Waals surface area contributed by atoms with Crippen molar-refractivity contribution in [3.8, 4) is 5.75 Å². The summed E-state index contributed by atoms with van der Waals surface area (Å²) in [6, 6.07) is 9.84. The second-order valence-electron chi connectivity index (χ2n) is 10.7. The molecule has 0 bridgehead atoms. The predicted molar refractivity (Wildman–Crippen MR) is 142 cm³/mol. The second-order valence-corrected chi connectivity index (χ2v) is 10.7. The summed E-state index contributed by atoms with van der Waals surface area (Å²) in [6.07, 6.45) is 8.94. The topological polar surface area (TPSA) is 108 Å². The fourth-order valence-electron chi connectivity index (χ4n) is 4.95. The summed E-state index contributed by atoms with van der Waals surface area (Å²) in [4.78, 5) is 23.1. The Kier molecular flexibility index (Phi) is 6.62. The number of carbonyl (C=O) groups excluding carboxylic acids is 1. The summed E-state index contributed by atoms with van der Waals surface area (Å²) >= 11 is 0. The minimum Gasteiger partial charge on any atom is -0.458 e. The van der Waals surface area contributed by atoms with Crippen LogP contribution in [0, 0.1) is 5.92 Å². The predicted octanol–water partition coefficient (Wildman–Crippen LogP) is 5.23. The van der Waals surface area contributed by atoms with Gasteiger partial charge in [-0.3, -0.25) is 0 Å². The van der Waals surface area contributed by atoms with Crippen LogP contribution in [-0.2, 0) is 4.74 Å². The van der Waals surface area contributed by atoms with Crippen LogP contribution < -0.4 is 10.5 Å². The third-order valence-corrected chi connectivity index (χ3v) is 6.76. The maximum Gasteiger partial charge on any atom is 0.410 e. The molecule has 194 valence electrons. The lowest BCUT2D eigenvalue weighted by Crippen LogP contribution is -2.42. The minimum absolute atomic E-state index is 0.00188. The molecule has 37 heavy (non-hydrogen) atoms. The normalized spacial score (nSPS) is 20.6. The first-order valence-corrected chi connectivity index (χ1v) is 12.8. The highest BCUT2D eigenvalue weighted by Crippen LogP contribution is 2.38. The number of para-hydroxylation sites is 1. The van der Waals surface area contributed by atoms with Crippen molar-refractivity contribution in [2.45, 2.75) is 58.1 Å². The van der Waals surface area contributed by atoms with E-state index in [9.17, 15) is 4.79 Å². The van der Waals surface area contributed by atoms with Gasteiger partial charge in [0.05, 0.1) is 17.1 Å². The highest BCUT2D eigenvalue weighted by atomic mass is 16.6. The molecule has 3 aromatic rings. The summed E-state index contributed by atoms with van der Waals surface area (Å²) in [5.41, 5.74) is 7.44. The van der Waals surface area contributed by atoms with Crippen molar-refractivity contribution in [1.29, 1.82) is 0 Å². The van der Waals surface area contributed by atoms with E-state index in [0.29, 0.717) is 18.9 Å². The molecule has 2 aromatic heterocycles. The first-order chi connectivity index (χ1) is 17.7. The molecule has 1 amide bonds. The first-order valence-electron chi connectivity index (χ1n) is 12.8. The largest absolute Gasteiger partial charge is 0.458 e. The fourth-order valence-corrected chi connectivity index (χ4v) is 4.95. The number of fused-ring (bicyclic) bond motifs is 1. The molecule has 0 saturated carbocycles. The van der Waals surface area contributed by atoms with Gasteiger partial charge in [-0.2, -0.15) is 5.10 Å². The third kappa shape index (κ3) is 5.30. The molecular formula is C28H34N6O3. The summed E-state index contributed by atoms with van der Waals surface area (Å²) in [7, 11) is 0. The lowest BCUT2D eigenvalue weighted by Gasteiger charge is -2.33. The van der Waals surface area contributed by atoms with E-state index in [1.807, 2.05) is 61.9 Å². The summed E-state index contributed by atoms with van der Waals surface area (Å²) in [5.74, 6) is 2.16. The van der Waals surface area contributed by atoms with Crippen molar-refractivity contribution in [3.05, 3.63) is 66.3 Å². The number of hydrogen-bond donors (Lipinski definition) is 1. The van der Waals surface area contributed by atoms with Gasteiger partial charge in [0.2, 0.25) is 0 Å². The van der Waals surface area contributed by atoms with Crippen LogP contribution >= 0.6 is 0 Å². The minimum atomic E-state index is -0.514. The van der Waals surface area contributed by atoms with Crippen LogP contribution in [0.4, 0.5) is 10.6 Å². The highest BCUT2D eigenvalue weighted by Gasteiger charge is 2.32. The number of allylic oxidation sites excluding steroid dienone is 3. The Morgan fingerprint density at radius 3 is 2.51 bits per heavy atom. The Morgan fingerprint density at radius 2 is 1.84 bits per heavy atom. The van der Waals surface area contributed by atoms with E-state index in [-0.39, 0.29) is 24.0 Å². The Hall–Kier alpha value is -3.88. The number of anilines is 1. The van der Waals surface area contributed by atoms with Gasteiger partial charge in [0.25, 0.3) is 0 Å². The molecule has 1 fully saturated rings. The number of hydrogen-bond acceptors (Lipinski definition) is 7. The maximum absolute atomic E-state index is 12.5. The monoisotopic (exact) mass is 502 g/mol. The van der Waals surface area contributed by atoms with Gasteiger partial charge >= 0.3 is 6.09 Å². The Balaban J connectivity index is 1.37. The number of nitrogens with two attached hydrogens (primary N) is 1. The number of amides is 1. The number of nitrogens with zero attached hydrogens (tertiary/aromatic N) is 5. The van der Waals surface area contributed by atoms with E-state index < -0.39 is 5.60 Å². The van der Waals surface area contributed by atoms with Crippen LogP contribution in [-0.4, -0.2) is 49.4 Å². The molecule has 1 aliphatic heterocycles. The summed E-state index contributed by atoms with van der Waals surface area (Å²) in [6.45, 7) is 8.98. The van der Waals surface area contributed by atoms with Crippen LogP contribution in [0.2, 0.25) is 0 Å². The third-order valence-electron chi connectivity index (χ3n) is 6.76. The van der Waals surface area contributed by atoms with Gasteiger partial charge in [0.1, 0.15) is 29.3 Å². The summed E-state index contributed by atoms with van der Waals surface area (Å²) < 4.78 is 13.6. The molecule has 9 heteroatoms. The van der Waals surface area contributed by atoms with Crippen molar-refractivity contribution >= 4 is 22.9 Å². The van der Waals surface area contributed by atoms with Gasteiger partial charge in [-0.05, 0) is 63.8 Å². The van der Waals surface area contributed by atoms with Gasteiger partial charge in [0.15, 0.2) is 5.65 Å². The molecule has 5 rings (SSSR count). The van der Waals surface area contributed by atoms with Crippen LogP contribution in [0.15, 0.2) is 60.6 Å². The number of likely N-dealkylation sites (tertiary alicyclic amines) is 1.